The molecular formula is C20H21N3O5S. The molecule has 0 radical (unpaired) electrons. The van der Waals surface area contributed by atoms with Crippen LogP contribution in [0.15, 0.2) is 58.6 Å². The predicted octanol–water partition coefficient (Wildman–Crippen LogP) is 2.60. The molecule has 0 atom stereocenters. The number of thioether (sulfide) groups is 1. The molecule has 0 aliphatic carbocycles. The molecule has 29 heavy (non-hydrogen) atoms. The largest absolute Gasteiger partial charge is 0.493 e. The summed E-state index contributed by atoms with van der Waals surface area (Å²) in [6, 6.07) is 3.65. The minimum Gasteiger partial charge on any atom is -0.493 e. The lowest BCUT2D eigenvalue weighted by atomic mass is 10.1. The zero-order chi connectivity index (χ0) is 21.2. The van der Waals surface area contributed by atoms with Gasteiger partial charge in [0.1, 0.15) is 6.61 Å². The number of nitrogens with one attached hydrogen (secondary N) is 1. The van der Waals surface area contributed by atoms with Crippen molar-refractivity contribution in [3.63, 3.8) is 0 Å². The van der Waals surface area contributed by atoms with Crippen LogP contribution in [0, 0.1) is 0 Å². The lowest BCUT2D eigenvalue weighted by molar-refractivity contribution is -0.135. The first-order chi connectivity index (χ1) is 14.0. The Bertz CT molecular complexity index is 906. The van der Waals surface area contributed by atoms with Crippen molar-refractivity contribution >= 4 is 35.0 Å². The Labute approximate surface area is 173 Å². The Kier molecular flexibility index (Phi) is 8.23. The van der Waals surface area contributed by atoms with E-state index in [2.05, 4.69) is 33.4 Å². The quantitative estimate of drug-likeness (QED) is 0.219. The highest BCUT2D eigenvalue weighted by Gasteiger charge is 2.25. The summed E-state index contributed by atoms with van der Waals surface area (Å²) in [5, 5.41) is 10.8. The molecule has 1 amide bonds. The molecule has 1 aromatic rings. The molecule has 1 heterocycles. The van der Waals surface area contributed by atoms with Gasteiger partial charge in [-0.3, -0.25) is 10.1 Å². The number of esters is 1. The number of methoxy groups -OCH3 is 2. The molecule has 0 aromatic heterocycles. The van der Waals surface area contributed by atoms with Crippen molar-refractivity contribution in [2.24, 2.45) is 10.2 Å². The number of rotatable bonds is 9. The van der Waals surface area contributed by atoms with Crippen LogP contribution in [0.25, 0.3) is 0 Å². The van der Waals surface area contributed by atoms with Crippen LogP contribution in [-0.4, -0.2) is 44.1 Å². The van der Waals surface area contributed by atoms with E-state index in [0.717, 1.165) is 29.0 Å². The molecule has 1 fully saturated rings. The molecule has 1 aliphatic rings. The molecule has 9 heteroatoms. The van der Waals surface area contributed by atoms with Gasteiger partial charge in [0.2, 0.25) is 0 Å². The minimum absolute atomic E-state index is 0.185. The molecule has 0 bridgehead atoms. The number of amides is 1. The van der Waals surface area contributed by atoms with E-state index in [1.165, 1.54) is 13.3 Å². The number of hydrogen-bond donors (Lipinski definition) is 1. The Morgan fingerprint density at radius 3 is 2.72 bits per heavy atom. The highest BCUT2D eigenvalue weighted by atomic mass is 32.2. The Balaban J connectivity index is 2.23. The maximum atomic E-state index is 11.8. The first kappa shape index (κ1) is 22.0. The summed E-state index contributed by atoms with van der Waals surface area (Å²) in [5.74, 6) is 0.111. The minimum atomic E-state index is -0.618. The van der Waals surface area contributed by atoms with Crippen LogP contribution in [0.5, 0.6) is 11.5 Å². The fourth-order valence-electron chi connectivity index (χ4n) is 2.31. The second-order valence-corrected chi connectivity index (χ2v) is 6.57. The van der Waals surface area contributed by atoms with E-state index in [1.807, 2.05) is 6.07 Å². The van der Waals surface area contributed by atoms with Crippen LogP contribution in [0.3, 0.4) is 0 Å². The molecule has 0 saturated carbocycles. The molecule has 1 aliphatic heterocycles. The first-order valence-electron chi connectivity index (χ1n) is 8.47. The number of ether oxygens (including phenoxy) is 3. The van der Waals surface area contributed by atoms with Crippen molar-refractivity contribution in [3.05, 3.63) is 59.6 Å². The maximum absolute atomic E-state index is 11.8. The first-order valence-corrected chi connectivity index (χ1v) is 9.29. The maximum Gasteiger partial charge on any atom is 0.331 e. The van der Waals surface area contributed by atoms with Crippen molar-refractivity contribution < 1.29 is 23.8 Å². The van der Waals surface area contributed by atoms with Crippen molar-refractivity contribution in [2.75, 3.05) is 20.8 Å². The number of hydrogen-bond acceptors (Lipinski definition) is 8. The second kappa shape index (κ2) is 10.9. The van der Waals surface area contributed by atoms with Gasteiger partial charge in [-0.25, -0.2) is 4.79 Å². The van der Waals surface area contributed by atoms with Crippen LogP contribution in [0.2, 0.25) is 0 Å². The van der Waals surface area contributed by atoms with E-state index >= 15 is 0 Å². The third-order valence-corrected chi connectivity index (χ3v) is 4.44. The van der Waals surface area contributed by atoms with Crippen molar-refractivity contribution in [1.29, 1.82) is 0 Å². The predicted molar refractivity (Wildman–Crippen MR) is 113 cm³/mol. The molecule has 1 saturated heterocycles. The molecule has 0 unspecified atom stereocenters. The Hall–Kier alpha value is -3.33. The monoisotopic (exact) mass is 415 g/mol. The summed E-state index contributed by atoms with van der Waals surface area (Å²) in [5.41, 5.74) is 1.61. The highest BCUT2D eigenvalue weighted by Crippen LogP contribution is 2.33. The summed E-state index contributed by atoms with van der Waals surface area (Å²) in [6.45, 7) is 7.76. The van der Waals surface area contributed by atoms with E-state index in [0.29, 0.717) is 24.5 Å². The van der Waals surface area contributed by atoms with E-state index < -0.39 is 11.9 Å². The third-order valence-electron chi connectivity index (χ3n) is 3.54. The average Bonchev–Trinajstić information content (AvgIpc) is 3.05. The zero-order valence-corrected chi connectivity index (χ0v) is 17.0. The third kappa shape index (κ3) is 6.08. The fourth-order valence-corrected chi connectivity index (χ4v) is 3.05. The molecule has 1 N–H and O–H groups in total. The van der Waals surface area contributed by atoms with Crippen LogP contribution in [0.1, 0.15) is 11.1 Å². The van der Waals surface area contributed by atoms with Crippen molar-refractivity contribution in [3.8, 4) is 11.5 Å². The Morgan fingerprint density at radius 1 is 1.28 bits per heavy atom. The number of carbonyl (C=O) groups is 2. The molecule has 152 valence electrons. The normalized spacial score (nSPS) is 16.1. The SMILES string of the molecule is C=CCOc1c(CC=C)cc(C=N/N=C2/NC(=O)/C(=C\C(=O)OC)S2)cc1OC. The number of amidine groups is 1. The number of carbonyl (C=O) groups excluding carboxylic acids is 2. The summed E-state index contributed by atoms with van der Waals surface area (Å²) in [7, 11) is 2.79. The van der Waals surface area contributed by atoms with Crippen molar-refractivity contribution in [2.45, 2.75) is 6.42 Å². The molecule has 1 aromatic carbocycles. The summed E-state index contributed by atoms with van der Waals surface area (Å²) in [6.07, 6.45) is 6.61. The fraction of sp³-hybridized carbons (Fsp3) is 0.200. The van der Waals surface area contributed by atoms with Crippen LogP contribution in [0.4, 0.5) is 0 Å². The highest BCUT2D eigenvalue weighted by molar-refractivity contribution is 8.18. The zero-order valence-electron chi connectivity index (χ0n) is 16.1. The van der Waals surface area contributed by atoms with Gasteiger partial charge in [-0.2, -0.15) is 5.10 Å². The van der Waals surface area contributed by atoms with E-state index in [-0.39, 0.29) is 10.1 Å². The standard InChI is InChI=1S/C20H21N3O5S/c1-5-7-14-9-13(10-15(26-3)18(14)28-8-6-2)12-21-23-20-22-19(25)16(29-20)11-17(24)27-4/h5-6,9-12H,1-2,7-8H2,3-4H3,(H,22,23,25)/b16-11+,21-12?. The molecular weight excluding hydrogens is 394 g/mol. The van der Waals surface area contributed by atoms with Gasteiger partial charge in [0.15, 0.2) is 16.7 Å². The number of benzene rings is 1. The summed E-state index contributed by atoms with van der Waals surface area (Å²) >= 11 is 0.997. The van der Waals surface area contributed by atoms with Gasteiger partial charge in [-0.15, -0.1) is 11.7 Å². The van der Waals surface area contributed by atoms with Crippen LogP contribution in [-0.2, 0) is 20.7 Å². The molecule has 0 spiro atoms. The van der Waals surface area contributed by atoms with Crippen LogP contribution >= 0.6 is 11.8 Å². The van der Waals surface area contributed by atoms with E-state index in [4.69, 9.17) is 9.47 Å². The van der Waals surface area contributed by atoms with E-state index in [9.17, 15) is 9.59 Å². The van der Waals surface area contributed by atoms with Gasteiger partial charge in [0.05, 0.1) is 25.3 Å². The number of nitrogens with zero attached hydrogens (tertiary/aromatic N) is 2. The lowest BCUT2D eigenvalue weighted by Gasteiger charge is -2.14. The average molecular weight is 415 g/mol. The lowest BCUT2D eigenvalue weighted by Crippen LogP contribution is -2.19. The Morgan fingerprint density at radius 2 is 2.07 bits per heavy atom. The van der Waals surface area contributed by atoms with Gasteiger partial charge >= 0.3 is 5.97 Å². The summed E-state index contributed by atoms with van der Waals surface area (Å²) < 4.78 is 15.6. The van der Waals surface area contributed by atoms with Crippen LogP contribution < -0.4 is 14.8 Å². The van der Waals surface area contributed by atoms with Gasteiger partial charge in [0.25, 0.3) is 5.91 Å². The van der Waals surface area contributed by atoms with Crippen molar-refractivity contribution in [1.82, 2.24) is 5.32 Å². The molecule has 2 rings (SSSR count). The van der Waals surface area contributed by atoms with Gasteiger partial charge in [0, 0.05) is 11.6 Å². The van der Waals surface area contributed by atoms with Gasteiger partial charge in [-0.1, -0.05) is 18.7 Å². The number of allylic oxidation sites excluding steroid dienone is 1. The van der Waals surface area contributed by atoms with E-state index in [1.54, 1.807) is 25.3 Å². The van der Waals surface area contributed by atoms with Gasteiger partial charge < -0.3 is 14.2 Å². The van der Waals surface area contributed by atoms with Gasteiger partial charge in [-0.05, 0) is 35.9 Å². The smallest absolute Gasteiger partial charge is 0.331 e. The second-order valence-electron chi connectivity index (χ2n) is 5.54. The molecule has 8 nitrogen and oxygen atoms in total. The topological polar surface area (TPSA) is 98.6 Å². The summed E-state index contributed by atoms with van der Waals surface area (Å²) in [4.78, 5) is 23.3.